The Morgan fingerprint density at radius 3 is 2.05 bits per heavy atom. The number of benzene rings is 3. The molecule has 3 aromatic carbocycles. The number of hydrogen-bond acceptors (Lipinski definition) is 7. The monoisotopic (exact) mass is 607 g/mol. The first kappa shape index (κ1) is 35.7. The van der Waals surface area contributed by atoms with E-state index in [9.17, 15) is 19.5 Å². The Morgan fingerprint density at radius 1 is 0.864 bits per heavy atom. The molecule has 2 N–H and O–H groups in total. The molecule has 1 amide bonds. The van der Waals surface area contributed by atoms with Crippen LogP contribution < -0.4 is 24.3 Å². The second-order valence-corrected chi connectivity index (χ2v) is 10.2. The van der Waals surface area contributed by atoms with Gasteiger partial charge >= 0.3 is 5.97 Å². The van der Waals surface area contributed by atoms with Gasteiger partial charge in [0.2, 0.25) is 11.7 Å². The highest BCUT2D eigenvalue weighted by molar-refractivity contribution is 5.99. The summed E-state index contributed by atoms with van der Waals surface area (Å²) in [6.07, 6.45) is 3.52. The Balaban J connectivity index is 0.000000469. The highest BCUT2D eigenvalue weighted by atomic mass is 16.5. The number of amides is 1. The summed E-state index contributed by atoms with van der Waals surface area (Å²) in [5.41, 5.74) is 2.68. The third-order valence-electron chi connectivity index (χ3n) is 6.84. The van der Waals surface area contributed by atoms with Crippen molar-refractivity contribution in [1.82, 2.24) is 5.32 Å². The van der Waals surface area contributed by atoms with Gasteiger partial charge in [-0.15, -0.1) is 0 Å². The van der Waals surface area contributed by atoms with Crippen LogP contribution in [-0.4, -0.2) is 57.2 Å². The van der Waals surface area contributed by atoms with Crippen LogP contribution in [0.2, 0.25) is 0 Å². The molecule has 44 heavy (non-hydrogen) atoms. The first-order chi connectivity index (χ1) is 21.2. The quantitative estimate of drug-likeness (QED) is 0.136. The number of aryl methyl sites for hydroxylation is 2. The molecule has 0 aliphatic carbocycles. The Kier molecular flexibility index (Phi) is 15.9. The molecule has 0 unspecified atom stereocenters. The van der Waals surface area contributed by atoms with Gasteiger partial charge in [-0.3, -0.25) is 14.4 Å². The lowest BCUT2D eigenvalue weighted by Crippen LogP contribution is -2.35. The van der Waals surface area contributed by atoms with Gasteiger partial charge < -0.3 is 29.4 Å². The van der Waals surface area contributed by atoms with Gasteiger partial charge in [0.05, 0.1) is 40.9 Å². The summed E-state index contributed by atoms with van der Waals surface area (Å²) >= 11 is 0. The fourth-order valence-electron chi connectivity index (χ4n) is 4.38. The SMILES string of the molecule is CCCCOc1ccc(C)cc1.COc1cc(CCC[C@H](CC(=O)O)C(=O)NCC(=O)c2ccccc2)cc(OC)c1OC. The van der Waals surface area contributed by atoms with Crippen molar-refractivity contribution in [3.8, 4) is 23.0 Å². The van der Waals surface area contributed by atoms with Crippen molar-refractivity contribution in [1.29, 1.82) is 0 Å². The van der Waals surface area contributed by atoms with Gasteiger partial charge in [0.25, 0.3) is 0 Å². The maximum Gasteiger partial charge on any atom is 0.304 e. The number of methoxy groups -OCH3 is 3. The van der Waals surface area contributed by atoms with E-state index in [1.54, 1.807) is 30.3 Å². The summed E-state index contributed by atoms with van der Waals surface area (Å²) in [6.45, 7) is 4.90. The van der Waals surface area contributed by atoms with E-state index < -0.39 is 17.8 Å². The van der Waals surface area contributed by atoms with Gasteiger partial charge in [-0.2, -0.15) is 0 Å². The molecule has 9 heteroatoms. The lowest BCUT2D eigenvalue weighted by molar-refractivity contribution is -0.141. The summed E-state index contributed by atoms with van der Waals surface area (Å²) in [4.78, 5) is 36.0. The van der Waals surface area contributed by atoms with E-state index in [-0.39, 0.29) is 18.7 Å². The summed E-state index contributed by atoms with van der Waals surface area (Å²) in [5.74, 6) is 0.0543. The predicted molar refractivity (Wildman–Crippen MR) is 170 cm³/mol. The average Bonchev–Trinajstić information content (AvgIpc) is 3.04. The number of carboxylic acid groups (broad SMARTS) is 1. The minimum Gasteiger partial charge on any atom is -0.494 e. The predicted octanol–water partition coefficient (Wildman–Crippen LogP) is 6.30. The number of rotatable bonds is 17. The Bertz CT molecular complexity index is 1280. The highest BCUT2D eigenvalue weighted by Crippen LogP contribution is 2.38. The van der Waals surface area contributed by atoms with Crippen molar-refractivity contribution in [3.05, 3.63) is 83.4 Å². The summed E-state index contributed by atoms with van der Waals surface area (Å²) < 4.78 is 21.5. The number of carboxylic acids is 1. The maximum atomic E-state index is 12.6. The summed E-state index contributed by atoms with van der Waals surface area (Å²) in [5, 5.41) is 11.8. The largest absolute Gasteiger partial charge is 0.494 e. The van der Waals surface area contributed by atoms with Crippen LogP contribution in [0, 0.1) is 12.8 Å². The first-order valence-corrected chi connectivity index (χ1v) is 14.8. The van der Waals surface area contributed by atoms with Gasteiger partial charge in [0.1, 0.15) is 5.75 Å². The third kappa shape index (κ3) is 12.4. The van der Waals surface area contributed by atoms with Crippen LogP contribution in [0.4, 0.5) is 0 Å². The van der Waals surface area contributed by atoms with Crippen LogP contribution in [-0.2, 0) is 16.0 Å². The van der Waals surface area contributed by atoms with E-state index in [2.05, 4.69) is 31.3 Å². The van der Waals surface area contributed by atoms with E-state index >= 15 is 0 Å². The normalized spacial score (nSPS) is 10.9. The molecule has 0 saturated carbocycles. The highest BCUT2D eigenvalue weighted by Gasteiger charge is 2.22. The van der Waals surface area contributed by atoms with Crippen molar-refractivity contribution >= 4 is 17.7 Å². The lowest BCUT2D eigenvalue weighted by Gasteiger charge is -2.16. The van der Waals surface area contributed by atoms with Crippen LogP contribution in [0.3, 0.4) is 0 Å². The smallest absolute Gasteiger partial charge is 0.304 e. The number of hydrogen-bond donors (Lipinski definition) is 2. The van der Waals surface area contributed by atoms with Gasteiger partial charge in [-0.05, 0) is 62.4 Å². The second-order valence-electron chi connectivity index (χ2n) is 10.2. The van der Waals surface area contributed by atoms with Gasteiger partial charge in [-0.1, -0.05) is 61.4 Å². The maximum absolute atomic E-state index is 12.6. The van der Waals surface area contributed by atoms with E-state index in [4.69, 9.17) is 18.9 Å². The molecule has 9 nitrogen and oxygen atoms in total. The number of carbonyl (C=O) groups excluding carboxylic acids is 2. The number of Topliss-reactive ketones (excluding diaryl/α,β-unsaturated/α-hetero) is 1. The van der Waals surface area contributed by atoms with Crippen LogP contribution in [0.5, 0.6) is 23.0 Å². The van der Waals surface area contributed by atoms with Crippen molar-refractivity contribution in [2.75, 3.05) is 34.5 Å². The van der Waals surface area contributed by atoms with Crippen LogP contribution in [0.1, 0.15) is 60.5 Å². The van der Waals surface area contributed by atoms with Crippen molar-refractivity contribution < 1.29 is 38.4 Å². The summed E-state index contributed by atoms with van der Waals surface area (Å²) in [7, 11) is 4.59. The van der Waals surface area contributed by atoms with E-state index in [0.717, 1.165) is 24.3 Å². The fraction of sp³-hybridized carbons (Fsp3) is 0.400. The van der Waals surface area contributed by atoms with Crippen LogP contribution in [0.25, 0.3) is 0 Å². The zero-order valence-corrected chi connectivity index (χ0v) is 26.4. The standard InChI is InChI=1S/C24H29NO7.C11H16O/c1-30-20-12-16(13-21(31-2)23(20)32-3)8-7-11-18(14-22(27)28)24(29)25-15-19(26)17-9-5-4-6-10-17;1-3-4-9-12-11-7-5-10(2)6-8-11/h4-6,9-10,12-13,18H,7-8,11,14-15H2,1-3H3,(H,25,29)(H,27,28);5-8H,3-4,9H2,1-2H3/t18-;/m1./s1. The molecule has 3 rings (SSSR count). The molecule has 0 aliphatic heterocycles. The van der Waals surface area contributed by atoms with E-state index in [0.29, 0.717) is 42.1 Å². The average molecular weight is 608 g/mol. The molecule has 1 atom stereocenters. The third-order valence-corrected chi connectivity index (χ3v) is 6.84. The molecule has 0 aliphatic rings. The molecule has 0 spiro atoms. The van der Waals surface area contributed by atoms with Crippen molar-refractivity contribution in [2.24, 2.45) is 5.92 Å². The van der Waals surface area contributed by atoms with Crippen molar-refractivity contribution in [3.63, 3.8) is 0 Å². The molecule has 0 fully saturated rings. The minimum absolute atomic E-state index is 0.175. The second kappa shape index (κ2) is 19.6. The Morgan fingerprint density at radius 2 is 1.50 bits per heavy atom. The fourth-order valence-corrected chi connectivity index (χ4v) is 4.38. The number of ether oxygens (including phenoxy) is 4. The van der Waals surface area contributed by atoms with Gasteiger partial charge in [0, 0.05) is 11.5 Å². The Hall–Kier alpha value is -4.53. The summed E-state index contributed by atoms with van der Waals surface area (Å²) in [6, 6.07) is 20.4. The first-order valence-electron chi connectivity index (χ1n) is 14.8. The molecule has 0 aromatic heterocycles. The number of unbranched alkanes of at least 4 members (excludes halogenated alkanes) is 1. The lowest BCUT2D eigenvalue weighted by atomic mass is 9.95. The number of ketones is 1. The zero-order chi connectivity index (χ0) is 32.3. The van der Waals surface area contributed by atoms with Crippen LogP contribution >= 0.6 is 0 Å². The Labute approximate surface area is 260 Å². The number of nitrogens with one attached hydrogen (secondary N) is 1. The van der Waals surface area contributed by atoms with Gasteiger partial charge in [0.15, 0.2) is 17.3 Å². The number of carbonyl (C=O) groups is 3. The molecule has 0 heterocycles. The number of aliphatic carboxylic acids is 1. The molecular weight excluding hydrogens is 562 g/mol. The molecule has 3 aromatic rings. The molecule has 0 saturated heterocycles. The zero-order valence-electron chi connectivity index (χ0n) is 26.4. The molecule has 0 bridgehead atoms. The molecular formula is C35H45NO8. The van der Waals surface area contributed by atoms with Crippen LogP contribution in [0.15, 0.2) is 66.7 Å². The molecule has 0 radical (unpaired) electrons. The topological polar surface area (TPSA) is 120 Å². The van der Waals surface area contributed by atoms with Crippen molar-refractivity contribution in [2.45, 2.75) is 52.4 Å². The van der Waals surface area contributed by atoms with Gasteiger partial charge in [-0.25, -0.2) is 0 Å². The molecule has 238 valence electrons. The van der Waals surface area contributed by atoms with E-state index in [1.807, 2.05) is 24.3 Å². The minimum atomic E-state index is -1.06. The van der Waals surface area contributed by atoms with E-state index in [1.165, 1.54) is 33.3 Å².